The molecule has 0 unspecified atom stereocenters. The van der Waals surface area contributed by atoms with Gasteiger partial charge in [0, 0.05) is 102 Å². The fourth-order valence-electron chi connectivity index (χ4n) is 9.59. The average Bonchev–Trinajstić information content (AvgIpc) is 3.70. The fraction of sp³-hybridized carbons (Fsp3) is 0.358. The van der Waals surface area contributed by atoms with Crippen molar-refractivity contribution in [2.45, 2.75) is 83.8 Å². The second-order valence-corrected chi connectivity index (χ2v) is 25.7. The van der Waals surface area contributed by atoms with Crippen LogP contribution in [0.1, 0.15) is 38.8 Å². The molecule has 13 nitrogen and oxygen atoms in total. The monoisotopic (exact) mass is 1110 g/mol. The highest BCUT2D eigenvalue weighted by Gasteiger charge is 2.48. The predicted molar refractivity (Wildman–Crippen MR) is 291 cm³/mol. The quantitative estimate of drug-likeness (QED) is 0.0660. The maximum absolute atomic E-state index is 14.3. The molecule has 0 amide bonds. The summed E-state index contributed by atoms with van der Waals surface area (Å²) in [4.78, 5) is 5.86. The first-order valence-corrected chi connectivity index (χ1v) is 30.4. The number of sulfone groups is 2. The molecule has 21 heteroatoms. The van der Waals surface area contributed by atoms with Gasteiger partial charge in [-0.25, -0.2) is 25.3 Å². The first-order valence-electron chi connectivity index (χ1n) is 24.4. The third kappa shape index (κ3) is 12.4. The minimum absolute atomic E-state index is 0.0574. The van der Waals surface area contributed by atoms with Crippen LogP contribution in [0.15, 0.2) is 141 Å². The van der Waals surface area contributed by atoms with Crippen LogP contribution in [0.5, 0.6) is 0 Å². The van der Waals surface area contributed by atoms with Crippen LogP contribution in [0, 0.1) is 6.92 Å². The number of hydrogen-bond acceptors (Lipinski definition) is 12. The Hall–Kier alpha value is -5.22. The van der Waals surface area contributed by atoms with Crippen LogP contribution in [0.4, 0.5) is 35.9 Å². The van der Waals surface area contributed by atoms with Crippen molar-refractivity contribution in [1.82, 2.24) is 9.47 Å². The third-order valence-electron chi connectivity index (χ3n) is 13.6. The van der Waals surface area contributed by atoms with E-state index in [9.17, 15) is 43.5 Å². The van der Waals surface area contributed by atoms with Crippen molar-refractivity contribution in [2.24, 2.45) is 0 Å². The lowest BCUT2D eigenvalue weighted by atomic mass is 10.00. The van der Waals surface area contributed by atoms with Crippen molar-refractivity contribution in [3.8, 4) is 22.4 Å². The van der Waals surface area contributed by atoms with Gasteiger partial charge in [0.2, 0.25) is 0 Å². The van der Waals surface area contributed by atoms with E-state index in [-0.39, 0.29) is 17.1 Å². The summed E-state index contributed by atoms with van der Waals surface area (Å²) in [5, 5.41) is 13.6. The molecule has 3 N–H and O–H groups in total. The first kappa shape index (κ1) is 55.0. The standard InChI is InChI=1S/C53H60ClF3N6O7S4/c1-4-63-37(3)52(72(65,66)5-2)50(51(63)38-14-16-40(54)17-15-38)39-10-9-11-44(34-39)62-32-30-61(31-33-62)43-20-18-41(19-21-43)59-74(69,70)47-22-23-48(49(35-47)73(67,68)53(55,56)57)58-42(36-71-46-12-7-6-8-13-46)24-27-60-28-25-45(64)26-29-60/h6-23,34-35,42,45,58-59,64H,4-5,24-33,36H2,1-3H3/t42-/m1/s1. The molecule has 1 atom stereocenters. The van der Waals surface area contributed by atoms with Crippen molar-refractivity contribution in [3.05, 3.63) is 132 Å². The average molecular weight is 1110 g/mol. The summed E-state index contributed by atoms with van der Waals surface area (Å²) in [5.74, 6) is 0.308. The zero-order valence-corrected chi connectivity index (χ0v) is 45.2. The Labute approximate surface area is 441 Å². The van der Waals surface area contributed by atoms with Crippen molar-refractivity contribution < 1.29 is 43.5 Å². The minimum Gasteiger partial charge on any atom is -0.393 e. The van der Waals surface area contributed by atoms with Crippen LogP contribution < -0.4 is 19.8 Å². The van der Waals surface area contributed by atoms with Gasteiger partial charge in [0.25, 0.3) is 19.9 Å². The summed E-state index contributed by atoms with van der Waals surface area (Å²) < 4.78 is 129. The van der Waals surface area contributed by atoms with Crippen LogP contribution in [-0.2, 0) is 36.2 Å². The number of nitrogens with zero attached hydrogens (tertiary/aromatic N) is 4. The van der Waals surface area contributed by atoms with E-state index in [1.165, 1.54) is 23.9 Å². The Morgan fingerprint density at radius 3 is 2.03 bits per heavy atom. The highest BCUT2D eigenvalue weighted by atomic mass is 35.5. The number of halogens is 4. The van der Waals surface area contributed by atoms with Crippen LogP contribution in [0.2, 0.25) is 5.02 Å². The maximum atomic E-state index is 14.3. The van der Waals surface area contributed by atoms with Crippen molar-refractivity contribution in [1.29, 1.82) is 0 Å². The second kappa shape index (κ2) is 22.9. The smallest absolute Gasteiger partial charge is 0.393 e. The Kier molecular flexibility index (Phi) is 17.1. The highest BCUT2D eigenvalue weighted by Crippen LogP contribution is 2.44. The van der Waals surface area contributed by atoms with Gasteiger partial charge in [-0.1, -0.05) is 61.0 Å². The van der Waals surface area contributed by atoms with Gasteiger partial charge in [-0.15, -0.1) is 11.8 Å². The van der Waals surface area contributed by atoms with E-state index in [1.54, 1.807) is 31.2 Å². The fourth-order valence-corrected chi connectivity index (χ4v) is 14.2. The van der Waals surface area contributed by atoms with Gasteiger partial charge in [0.1, 0.15) is 4.90 Å². The zero-order valence-electron chi connectivity index (χ0n) is 41.2. The molecule has 74 heavy (non-hydrogen) atoms. The van der Waals surface area contributed by atoms with E-state index in [0.29, 0.717) is 105 Å². The SMILES string of the molecule is CCn1c(C)c(S(=O)(=O)CC)c(-c2cccc(N3CCN(c4ccc(NS(=O)(=O)c5ccc(N[C@H](CCN6CCC(O)CC6)CSc6ccccc6)c(S(=O)(=O)C(F)(F)F)c5)cc4)CC3)c2)c1-c1ccc(Cl)cc1. The van der Waals surface area contributed by atoms with E-state index in [4.69, 9.17) is 11.6 Å². The zero-order chi connectivity index (χ0) is 53.0. The molecule has 2 aliphatic heterocycles. The van der Waals surface area contributed by atoms with Gasteiger partial charge >= 0.3 is 5.51 Å². The number of aliphatic hydroxyl groups is 1. The van der Waals surface area contributed by atoms with Crippen LogP contribution in [0.3, 0.4) is 0 Å². The molecule has 0 radical (unpaired) electrons. The number of likely N-dealkylation sites (tertiary alicyclic amines) is 1. The molecule has 1 aromatic heterocycles. The molecule has 2 fully saturated rings. The van der Waals surface area contributed by atoms with Crippen LogP contribution in [-0.4, -0.2) is 115 Å². The Morgan fingerprint density at radius 1 is 0.757 bits per heavy atom. The molecule has 0 saturated carbocycles. The van der Waals surface area contributed by atoms with E-state index in [1.807, 2.05) is 85.1 Å². The predicted octanol–water partition coefficient (Wildman–Crippen LogP) is 10.4. The number of piperidine rings is 1. The normalized spacial score (nSPS) is 15.8. The number of hydrogen-bond donors (Lipinski definition) is 3. The lowest BCUT2D eigenvalue weighted by Crippen LogP contribution is -2.46. The molecule has 8 rings (SSSR count). The van der Waals surface area contributed by atoms with E-state index in [0.717, 1.165) is 45.2 Å². The Bertz CT molecular complexity index is 3260. The number of anilines is 4. The maximum Gasteiger partial charge on any atom is 0.501 e. The van der Waals surface area contributed by atoms with E-state index >= 15 is 0 Å². The topological polar surface area (TPSA) is 161 Å². The lowest BCUT2D eigenvalue weighted by Gasteiger charge is -2.37. The molecule has 0 spiro atoms. The number of nitrogens with one attached hydrogen (secondary N) is 2. The number of thioether (sulfide) groups is 1. The highest BCUT2D eigenvalue weighted by molar-refractivity contribution is 7.99. The van der Waals surface area contributed by atoms with Gasteiger partial charge in [0.15, 0.2) is 9.84 Å². The van der Waals surface area contributed by atoms with Gasteiger partial charge in [-0.3, -0.25) is 4.72 Å². The summed E-state index contributed by atoms with van der Waals surface area (Å²) in [6, 6.07) is 33.4. The van der Waals surface area contributed by atoms with Crippen molar-refractivity contribution >= 4 is 75.8 Å². The molecule has 3 heterocycles. The molecule has 5 aromatic carbocycles. The van der Waals surface area contributed by atoms with Gasteiger partial charge in [0.05, 0.1) is 33.0 Å². The lowest BCUT2D eigenvalue weighted by molar-refractivity contribution is -0.0435. The van der Waals surface area contributed by atoms with Gasteiger partial charge < -0.3 is 29.7 Å². The summed E-state index contributed by atoms with van der Waals surface area (Å²) in [7, 11) is -14.3. The largest absolute Gasteiger partial charge is 0.501 e. The molecule has 0 bridgehead atoms. The summed E-state index contributed by atoms with van der Waals surface area (Å²) in [5.41, 5.74) is -0.533. The number of aromatic nitrogens is 1. The number of benzene rings is 5. The summed E-state index contributed by atoms with van der Waals surface area (Å²) in [6.07, 6.45) is 1.23. The van der Waals surface area contributed by atoms with E-state index in [2.05, 4.69) is 24.7 Å². The molecular formula is C53H60ClF3N6O7S4. The number of alkyl halides is 3. The summed E-state index contributed by atoms with van der Waals surface area (Å²) >= 11 is 7.72. The minimum atomic E-state index is -6.03. The van der Waals surface area contributed by atoms with Gasteiger partial charge in [-0.05, 0) is 123 Å². The number of rotatable bonds is 19. The Morgan fingerprint density at radius 2 is 1.41 bits per heavy atom. The van der Waals surface area contributed by atoms with Crippen LogP contribution in [0.25, 0.3) is 22.4 Å². The second-order valence-electron chi connectivity index (χ2n) is 18.4. The number of piperazine rings is 1. The Balaban J connectivity index is 0.975. The molecule has 2 saturated heterocycles. The molecule has 2 aliphatic rings. The summed E-state index contributed by atoms with van der Waals surface area (Å²) in [6.45, 7) is 10.3. The third-order valence-corrected chi connectivity index (χ3v) is 19.8. The van der Waals surface area contributed by atoms with E-state index < -0.39 is 57.1 Å². The van der Waals surface area contributed by atoms with Crippen molar-refractivity contribution in [3.63, 3.8) is 0 Å². The van der Waals surface area contributed by atoms with Crippen molar-refractivity contribution in [2.75, 3.05) is 77.2 Å². The number of sulfonamides is 1. The van der Waals surface area contributed by atoms with Gasteiger partial charge in [-0.2, -0.15) is 13.2 Å². The first-order chi connectivity index (χ1) is 35.2. The number of aliphatic hydroxyl groups excluding tert-OH is 1. The molecule has 6 aromatic rings. The molecule has 0 aliphatic carbocycles. The molecule has 396 valence electrons. The molecular weight excluding hydrogens is 1050 g/mol. The van der Waals surface area contributed by atoms with Crippen LogP contribution >= 0.6 is 23.4 Å².